The Morgan fingerprint density at radius 1 is 0.972 bits per heavy atom. The first kappa shape index (κ1) is 23.7. The molecule has 184 valence electrons. The molecule has 1 saturated heterocycles. The highest BCUT2D eigenvalue weighted by molar-refractivity contribution is 6.01. The first-order valence-corrected chi connectivity index (χ1v) is 12.1. The molecule has 1 aliphatic rings. The maximum Gasteiger partial charge on any atom is 0.227 e. The minimum Gasteiger partial charge on any atom is -0.453 e. The van der Waals surface area contributed by atoms with E-state index < -0.39 is 0 Å². The minimum atomic E-state index is -0.349. The van der Waals surface area contributed by atoms with Crippen LogP contribution in [0, 0.1) is 19.7 Å². The highest BCUT2D eigenvalue weighted by Crippen LogP contribution is 2.27. The molecule has 0 atom stereocenters. The highest BCUT2D eigenvalue weighted by atomic mass is 19.1. The number of carbonyl (C=O) groups excluding carboxylic acids is 2. The number of Topliss-reactive ketones (excluding diaryl/α,β-unsaturated/α-hetero) is 1. The van der Waals surface area contributed by atoms with Crippen molar-refractivity contribution in [1.82, 2.24) is 9.88 Å². The van der Waals surface area contributed by atoms with Crippen molar-refractivity contribution >= 4 is 28.5 Å². The number of amides is 1. The molecule has 4 aromatic rings. The lowest BCUT2D eigenvalue weighted by atomic mass is 10.0. The van der Waals surface area contributed by atoms with Crippen LogP contribution < -0.4 is 4.90 Å². The van der Waals surface area contributed by atoms with Crippen molar-refractivity contribution in [2.24, 2.45) is 0 Å². The molecule has 2 aromatic heterocycles. The first-order valence-electron chi connectivity index (χ1n) is 12.1. The smallest absolute Gasteiger partial charge is 0.227 e. The van der Waals surface area contributed by atoms with Gasteiger partial charge >= 0.3 is 0 Å². The minimum absolute atomic E-state index is 0.0674. The van der Waals surface area contributed by atoms with Crippen LogP contribution in [0.25, 0.3) is 11.0 Å². The van der Waals surface area contributed by atoms with Crippen molar-refractivity contribution in [2.75, 3.05) is 31.1 Å². The number of furan rings is 1. The van der Waals surface area contributed by atoms with Gasteiger partial charge in [-0.1, -0.05) is 35.9 Å². The second kappa shape index (κ2) is 9.93. The fraction of sp³-hybridized carbons (Fsp3) is 0.276. The van der Waals surface area contributed by atoms with Crippen LogP contribution in [0.15, 0.2) is 65.2 Å². The average Bonchev–Trinajstić information content (AvgIpc) is 3.21. The lowest BCUT2D eigenvalue weighted by molar-refractivity contribution is -0.130. The molecule has 7 heteroatoms. The summed E-state index contributed by atoms with van der Waals surface area (Å²) in [5.41, 5.74) is 3.95. The lowest BCUT2D eigenvalue weighted by Crippen LogP contribution is -2.49. The molecule has 6 nitrogen and oxygen atoms in total. The van der Waals surface area contributed by atoms with Crippen molar-refractivity contribution in [2.45, 2.75) is 26.7 Å². The van der Waals surface area contributed by atoms with E-state index in [9.17, 15) is 14.0 Å². The van der Waals surface area contributed by atoms with Gasteiger partial charge in [0, 0.05) is 49.7 Å². The van der Waals surface area contributed by atoms with Gasteiger partial charge in [-0.2, -0.15) is 0 Å². The van der Waals surface area contributed by atoms with Crippen molar-refractivity contribution in [3.63, 3.8) is 0 Å². The summed E-state index contributed by atoms with van der Waals surface area (Å²) in [6, 6.07) is 16.1. The van der Waals surface area contributed by atoms with Crippen LogP contribution in [0.1, 0.15) is 32.8 Å². The van der Waals surface area contributed by atoms with Crippen LogP contribution in [-0.4, -0.2) is 47.8 Å². The normalized spacial score (nSPS) is 13.9. The molecular weight excluding hydrogens is 457 g/mol. The molecule has 3 heterocycles. The number of ketones is 1. The number of benzene rings is 2. The molecule has 0 spiro atoms. The molecule has 2 aromatic carbocycles. The number of aromatic nitrogens is 1. The molecule has 1 aliphatic heterocycles. The summed E-state index contributed by atoms with van der Waals surface area (Å²) >= 11 is 0. The van der Waals surface area contributed by atoms with Crippen LogP contribution in [0.5, 0.6) is 0 Å². The van der Waals surface area contributed by atoms with Crippen LogP contribution in [-0.2, 0) is 17.6 Å². The molecule has 5 rings (SSSR count). The van der Waals surface area contributed by atoms with Gasteiger partial charge in [0.25, 0.3) is 0 Å². The molecule has 1 amide bonds. The lowest BCUT2D eigenvalue weighted by Gasteiger charge is -2.35. The maximum atomic E-state index is 13.9. The molecule has 0 radical (unpaired) electrons. The molecule has 0 aliphatic carbocycles. The summed E-state index contributed by atoms with van der Waals surface area (Å²) in [5, 5.41) is 0.971. The van der Waals surface area contributed by atoms with Gasteiger partial charge in [0.2, 0.25) is 11.7 Å². The van der Waals surface area contributed by atoms with Gasteiger partial charge in [0.05, 0.1) is 6.42 Å². The number of halogens is 1. The zero-order valence-electron chi connectivity index (χ0n) is 20.5. The van der Waals surface area contributed by atoms with E-state index in [4.69, 9.17) is 4.42 Å². The summed E-state index contributed by atoms with van der Waals surface area (Å²) in [5.74, 6) is 0.715. The van der Waals surface area contributed by atoms with E-state index in [0.717, 1.165) is 33.5 Å². The number of anilines is 1. The molecule has 36 heavy (non-hydrogen) atoms. The van der Waals surface area contributed by atoms with E-state index in [2.05, 4.69) is 9.88 Å². The Morgan fingerprint density at radius 3 is 2.47 bits per heavy atom. The zero-order chi connectivity index (χ0) is 25.2. The predicted octanol–water partition coefficient (Wildman–Crippen LogP) is 4.90. The molecule has 1 fully saturated rings. The number of pyridine rings is 1. The summed E-state index contributed by atoms with van der Waals surface area (Å²) in [4.78, 5) is 34.0. The second-order valence-electron chi connectivity index (χ2n) is 9.32. The number of hydrogen-bond acceptors (Lipinski definition) is 5. The standard InChI is InChI=1S/C29H28FN3O3/c1-19-7-9-26-23(15-19)20(2)29(36-26)25(34)16-21-8-10-27(31-18-21)32-11-13-33(14-12-32)28(35)17-22-5-3-4-6-24(22)30/h3-10,15,18H,11-14,16-17H2,1-2H3. The number of nitrogens with zero attached hydrogens (tertiary/aromatic N) is 3. The van der Waals surface area contributed by atoms with Crippen LogP contribution in [0.4, 0.5) is 10.2 Å². The number of piperazine rings is 1. The Labute approximate surface area is 209 Å². The van der Waals surface area contributed by atoms with Crippen molar-refractivity contribution in [3.05, 3.63) is 94.6 Å². The van der Waals surface area contributed by atoms with Gasteiger partial charge < -0.3 is 14.2 Å². The van der Waals surface area contributed by atoms with Gasteiger partial charge in [-0.3, -0.25) is 9.59 Å². The summed E-state index contributed by atoms with van der Waals surface area (Å²) in [6.07, 6.45) is 2.01. The quantitative estimate of drug-likeness (QED) is 0.364. The number of fused-ring (bicyclic) bond motifs is 1. The Kier molecular flexibility index (Phi) is 6.55. The maximum absolute atomic E-state index is 13.9. The van der Waals surface area contributed by atoms with Crippen molar-refractivity contribution in [3.8, 4) is 0 Å². The number of rotatable bonds is 6. The van der Waals surface area contributed by atoms with Gasteiger partial charge in [-0.15, -0.1) is 0 Å². The first-order chi connectivity index (χ1) is 17.4. The Bertz CT molecular complexity index is 1420. The Hall–Kier alpha value is -4.00. The van der Waals surface area contributed by atoms with E-state index >= 15 is 0 Å². The van der Waals surface area contributed by atoms with E-state index in [1.165, 1.54) is 6.07 Å². The van der Waals surface area contributed by atoms with E-state index in [0.29, 0.717) is 37.5 Å². The summed E-state index contributed by atoms with van der Waals surface area (Å²) in [7, 11) is 0. The summed E-state index contributed by atoms with van der Waals surface area (Å²) < 4.78 is 19.7. The highest BCUT2D eigenvalue weighted by Gasteiger charge is 2.23. The third-order valence-corrected chi connectivity index (χ3v) is 6.77. The van der Waals surface area contributed by atoms with Crippen molar-refractivity contribution in [1.29, 1.82) is 0 Å². The third-order valence-electron chi connectivity index (χ3n) is 6.77. The molecule has 0 bridgehead atoms. The average molecular weight is 486 g/mol. The van der Waals surface area contributed by atoms with Gasteiger partial charge in [0.1, 0.15) is 17.2 Å². The number of carbonyl (C=O) groups is 2. The van der Waals surface area contributed by atoms with E-state index in [1.807, 2.05) is 44.2 Å². The fourth-order valence-corrected chi connectivity index (χ4v) is 4.68. The SMILES string of the molecule is Cc1ccc2oc(C(=O)Cc3ccc(N4CCN(C(=O)Cc5ccccc5F)CC4)nc3)c(C)c2c1. The molecule has 0 saturated carbocycles. The zero-order valence-corrected chi connectivity index (χ0v) is 20.5. The predicted molar refractivity (Wildman–Crippen MR) is 137 cm³/mol. The van der Waals surface area contributed by atoms with E-state index in [1.54, 1.807) is 29.3 Å². The van der Waals surface area contributed by atoms with E-state index in [-0.39, 0.29) is 30.3 Å². The largest absolute Gasteiger partial charge is 0.453 e. The molecular formula is C29H28FN3O3. The van der Waals surface area contributed by atoms with Gasteiger partial charge in [-0.05, 0) is 49.2 Å². The topological polar surface area (TPSA) is 66.7 Å². The second-order valence-corrected chi connectivity index (χ2v) is 9.32. The summed E-state index contributed by atoms with van der Waals surface area (Å²) in [6.45, 7) is 6.34. The molecule has 0 N–H and O–H groups in total. The fourth-order valence-electron chi connectivity index (χ4n) is 4.68. The Morgan fingerprint density at radius 2 is 1.75 bits per heavy atom. The number of aryl methyl sites for hydroxylation is 2. The monoisotopic (exact) mass is 485 g/mol. The molecule has 0 unspecified atom stereocenters. The number of hydrogen-bond donors (Lipinski definition) is 0. The third kappa shape index (κ3) is 4.87. The van der Waals surface area contributed by atoms with Crippen LogP contribution in [0.2, 0.25) is 0 Å². The van der Waals surface area contributed by atoms with Gasteiger partial charge in [0.15, 0.2) is 5.76 Å². The van der Waals surface area contributed by atoms with Crippen molar-refractivity contribution < 1.29 is 18.4 Å². The van der Waals surface area contributed by atoms with Gasteiger partial charge in [-0.25, -0.2) is 9.37 Å². The Balaban J connectivity index is 1.18. The van der Waals surface area contributed by atoms with Crippen LogP contribution >= 0.6 is 0 Å². The van der Waals surface area contributed by atoms with Crippen LogP contribution in [0.3, 0.4) is 0 Å².